The summed E-state index contributed by atoms with van der Waals surface area (Å²) in [6.45, 7) is 0.781. The molecule has 0 aliphatic carbocycles. The lowest BCUT2D eigenvalue weighted by Gasteiger charge is -1.95. The first kappa shape index (κ1) is 11.3. The number of benzene rings is 1. The molecule has 0 radical (unpaired) electrons. The van der Waals surface area contributed by atoms with Crippen LogP contribution in [-0.4, -0.2) is 16.7 Å². The van der Waals surface area contributed by atoms with Crippen LogP contribution in [0.25, 0.3) is 11.4 Å². The fraction of sp³-hybridized carbons (Fsp3) is 0.167. The number of halogens is 1. The van der Waals surface area contributed by atoms with Gasteiger partial charge in [0.05, 0.1) is 18.7 Å². The molecule has 1 heterocycles. The minimum atomic E-state index is -0.378. The van der Waals surface area contributed by atoms with Gasteiger partial charge in [0.15, 0.2) is 0 Å². The van der Waals surface area contributed by atoms with Crippen LogP contribution in [0.15, 0.2) is 28.8 Å². The average molecular weight is 231 g/mol. The summed E-state index contributed by atoms with van der Waals surface area (Å²) >= 11 is 0. The zero-order valence-corrected chi connectivity index (χ0v) is 8.98. The van der Waals surface area contributed by atoms with Gasteiger partial charge in [0.2, 0.25) is 11.7 Å². The van der Waals surface area contributed by atoms with Crippen molar-refractivity contribution in [2.45, 2.75) is 6.54 Å². The van der Waals surface area contributed by atoms with Crippen LogP contribution >= 0.6 is 0 Å². The molecule has 0 aliphatic rings. The van der Waals surface area contributed by atoms with Gasteiger partial charge in [-0.1, -0.05) is 23.2 Å². The van der Waals surface area contributed by atoms with Gasteiger partial charge in [0.25, 0.3) is 0 Å². The van der Waals surface area contributed by atoms with E-state index in [1.165, 1.54) is 6.07 Å². The second kappa shape index (κ2) is 5.23. The minimum absolute atomic E-state index is 0.237. The van der Waals surface area contributed by atoms with Crippen molar-refractivity contribution in [2.24, 2.45) is 0 Å². The van der Waals surface area contributed by atoms with E-state index in [0.717, 1.165) is 0 Å². The number of hydrogen-bond donors (Lipinski definition) is 1. The summed E-state index contributed by atoms with van der Waals surface area (Å²) in [6.07, 6.45) is 5.08. The summed E-state index contributed by atoms with van der Waals surface area (Å²) in [7, 11) is 0. The van der Waals surface area contributed by atoms with Crippen LogP contribution in [0.2, 0.25) is 0 Å². The van der Waals surface area contributed by atoms with Crippen LogP contribution in [0.4, 0.5) is 4.39 Å². The molecule has 1 aromatic heterocycles. The van der Waals surface area contributed by atoms with Crippen molar-refractivity contribution in [1.82, 2.24) is 15.5 Å². The van der Waals surface area contributed by atoms with Gasteiger partial charge in [-0.05, 0) is 12.1 Å². The monoisotopic (exact) mass is 231 g/mol. The Labute approximate surface area is 97.8 Å². The third-order valence-corrected chi connectivity index (χ3v) is 2.09. The molecule has 4 nitrogen and oxygen atoms in total. The van der Waals surface area contributed by atoms with Crippen molar-refractivity contribution < 1.29 is 8.91 Å². The van der Waals surface area contributed by atoms with Crippen LogP contribution < -0.4 is 5.32 Å². The van der Waals surface area contributed by atoms with E-state index in [9.17, 15) is 4.39 Å². The smallest absolute Gasteiger partial charge is 0.240 e. The quantitative estimate of drug-likeness (QED) is 0.641. The number of nitrogens with one attached hydrogen (secondary N) is 1. The van der Waals surface area contributed by atoms with Crippen LogP contribution in [-0.2, 0) is 6.54 Å². The maximum atomic E-state index is 13.4. The van der Waals surface area contributed by atoms with E-state index in [4.69, 9.17) is 10.9 Å². The Morgan fingerprint density at radius 3 is 3.00 bits per heavy atom. The van der Waals surface area contributed by atoms with Crippen molar-refractivity contribution in [1.29, 1.82) is 0 Å². The fourth-order valence-corrected chi connectivity index (χ4v) is 1.32. The van der Waals surface area contributed by atoms with Crippen LogP contribution in [0.5, 0.6) is 0 Å². The second-order valence-corrected chi connectivity index (χ2v) is 3.30. The van der Waals surface area contributed by atoms with Gasteiger partial charge in [-0.25, -0.2) is 4.39 Å². The Morgan fingerprint density at radius 2 is 2.24 bits per heavy atom. The predicted molar refractivity (Wildman–Crippen MR) is 60.2 cm³/mol. The predicted octanol–water partition coefficient (Wildman–Crippen LogP) is 1.60. The topological polar surface area (TPSA) is 51.0 Å². The minimum Gasteiger partial charge on any atom is -0.338 e. The lowest BCUT2D eigenvalue weighted by molar-refractivity contribution is 0.370. The van der Waals surface area contributed by atoms with Gasteiger partial charge in [-0.15, -0.1) is 6.42 Å². The van der Waals surface area contributed by atoms with Gasteiger partial charge < -0.3 is 4.52 Å². The van der Waals surface area contributed by atoms with Crippen LogP contribution in [0.1, 0.15) is 5.89 Å². The molecule has 0 aliphatic heterocycles. The summed E-state index contributed by atoms with van der Waals surface area (Å²) in [5.41, 5.74) is 0.319. The van der Waals surface area contributed by atoms with E-state index in [1.807, 2.05) is 0 Å². The molecule has 0 amide bonds. The molecule has 5 heteroatoms. The SMILES string of the molecule is C#CCNCc1nc(-c2ccccc2F)no1. The summed E-state index contributed by atoms with van der Waals surface area (Å²) in [5, 5.41) is 6.61. The summed E-state index contributed by atoms with van der Waals surface area (Å²) in [4.78, 5) is 4.06. The molecule has 17 heavy (non-hydrogen) atoms. The van der Waals surface area contributed by atoms with Gasteiger partial charge in [0.1, 0.15) is 5.82 Å². The van der Waals surface area contributed by atoms with Gasteiger partial charge in [0, 0.05) is 0 Å². The number of aromatic nitrogens is 2. The van der Waals surface area contributed by atoms with Crippen molar-refractivity contribution in [2.75, 3.05) is 6.54 Å². The largest absolute Gasteiger partial charge is 0.338 e. The molecule has 0 fully saturated rings. The first-order chi connectivity index (χ1) is 8.31. The standard InChI is InChI=1S/C12H10FN3O/c1-2-7-14-8-11-15-12(16-17-11)9-5-3-4-6-10(9)13/h1,3-6,14H,7-8H2. The average Bonchev–Trinajstić information content (AvgIpc) is 2.79. The third-order valence-electron chi connectivity index (χ3n) is 2.09. The van der Waals surface area contributed by atoms with Crippen molar-refractivity contribution in [3.8, 4) is 23.7 Å². The first-order valence-electron chi connectivity index (χ1n) is 5.03. The highest BCUT2D eigenvalue weighted by atomic mass is 19.1. The lowest BCUT2D eigenvalue weighted by atomic mass is 10.2. The first-order valence-corrected chi connectivity index (χ1v) is 5.03. The maximum absolute atomic E-state index is 13.4. The van der Waals surface area contributed by atoms with E-state index in [1.54, 1.807) is 18.2 Å². The lowest BCUT2D eigenvalue weighted by Crippen LogP contribution is -2.13. The summed E-state index contributed by atoms with van der Waals surface area (Å²) < 4.78 is 18.4. The van der Waals surface area contributed by atoms with E-state index < -0.39 is 0 Å². The maximum Gasteiger partial charge on any atom is 0.240 e. The molecule has 1 N–H and O–H groups in total. The number of rotatable bonds is 4. The molecule has 2 aromatic rings. The van der Waals surface area contributed by atoms with E-state index >= 15 is 0 Å². The Bertz CT molecular complexity index is 545. The number of hydrogen-bond acceptors (Lipinski definition) is 4. The number of nitrogens with zero attached hydrogens (tertiary/aromatic N) is 2. The second-order valence-electron chi connectivity index (χ2n) is 3.30. The number of terminal acetylenes is 1. The zero-order valence-electron chi connectivity index (χ0n) is 8.98. The summed E-state index contributed by atoms with van der Waals surface area (Å²) in [5.74, 6) is 2.66. The Morgan fingerprint density at radius 1 is 1.41 bits per heavy atom. The van der Waals surface area contributed by atoms with E-state index in [2.05, 4.69) is 21.4 Å². The van der Waals surface area contributed by atoms with Crippen molar-refractivity contribution in [3.05, 3.63) is 36.0 Å². The Balaban J connectivity index is 2.14. The summed E-state index contributed by atoms with van der Waals surface area (Å²) in [6, 6.07) is 6.26. The molecule has 0 atom stereocenters. The van der Waals surface area contributed by atoms with Crippen LogP contribution in [0.3, 0.4) is 0 Å². The van der Waals surface area contributed by atoms with E-state index in [0.29, 0.717) is 24.5 Å². The van der Waals surface area contributed by atoms with Gasteiger partial charge in [-0.3, -0.25) is 5.32 Å². The van der Waals surface area contributed by atoms with Crippen LogP contribution in [0, 0.1) is 18.2 Å². The molecule has 0 spiro atoms. The van der Waals surface area contributed by atoms with Crippen molar-refractivity contribution in [3.63, 3.8) is 0 Å². The Hall–Kier alpha value is -2.19. The molecule has 0 unspecified atom stereocenters. The highest BCUT2D eigenvalue weighted by molar-refractivity contribution is 5.54. The molecule has 0 saturated carbocycles. The highest BCUT2D eigenvalue weighted by Gasteiger charge is 2.11. The molecule has 0 saturated heterocycles. The molecule has 2 rings (SSSR count). The van der Waals surface area contributed by atoms with Crippen molar-refractivity contribution >= 4 is 0 Å². The fourth-order valence-electron chi connectivity index (χ4n) is 1.32. The zero-order chi connectivity index (χ0) is 12.1. The molecule has 1 aromatic carbocycles. The molecular formula is C12H10FN3O. The van der Waals surface area contributed by atoms with Gasteiger partial charge in [-0.2, -0.15) is 4.98 Å². The molecular weight excluding hydrogens is 221 g/mol. The Kier molecular flexibility index (Phi) is 3.48. The highest BCUT2D eigenvalue weighted by Crippen LogP contribution is 2.18. The molecule has 0 bridgehead atoms. The normalized spacial score (nSPS) is 10.1. The molecule has 86 valence electrons. The van der Waals surface area contributed by atoms with Gasteiger partial charge >= 0.3 is 0 Å². The third kappa shape index (κ3) is 2.68. The van der Waals surface area contributed by atoms with E-state index in [-0.39, 0.29) is 11.6 Å².